The molecule has 0 aliphatic carbocycles. The Hall–Kier alpha value is -0.337. The van der Waals surface area contributed by atoms with Crippen LogP contribution in [-0.2, 0) is 32.1 Å². The van der Waals surface area contributed by atoms with Crippen LogP contribution in [0.1, 0.15) is 10.5 Å². The van der Waals surface area contributed by atoms with Gasteiger partial charge in [-0.15, -0.1) is 0 Å². The summed E-state index contributed by atoms with van der Waals surface area (Å²) in [6.45, 7) is 0. The quantitative estimate of drug-likeness (QED) is 0.499. The van der Waals surface area contributed by atoms with E-state index in [0.29, 0.717) is 5.69 Å². The van der Waals surface area contributed by atoms with E-state index in [1.807, 2.05) is 0 Å². The molecule has 1 rings (SSSR count). The van der Waals surface area contributed by atoms with Crippen LogP contribution < -0.4 is 0 Å². The summed E-state index contributed by atoms with van der Waals surface area (Å²) >= 11 is 4.34. The molecule has 0 unspecified atom stereocenters. The standard InChI is InChI=1S/C6H5NOS.Zn/c8-6(9)5-3-1-2-4-7-5;/h1-4H,(H,8,9);/p-1. The number of carbonyl (C=O) groups is 1. The number of rotatable bonds is 1. The molecule has 1 aromatic heterocycles. The summed E-state index contributed by atoms with van der Waals surface area (Å²) in [5.74, 6) is 0. The smallest absolute Gasteiger partial charge is 0.0828 e. The Balaban J connectivity index is 0.000000810. The zero-order valence-corrected chi connectivity index (χ0v) is 9.06. The fourth-order valence-electron chi connectivity index (χ4n) is 0.484. The van der Waals surface area contributed by atoms with Gasteiger partial charge in [0.05, 0.1) is 10.8 Å². The van der Waals surface area contributed by atoms with E-state index < -0.39 is 5.12 Å². The van der Waals surface area contributed by atoms with Crippen LogP contribution in [0.5, 0.6) is 0 Å². The van der Waals surface area contributed by atoms with Gasteiger partial charge in [0.25, 0.3) is 0 Å². The van der Waals surface area contributed by atoms with Crippen molar-refractivity contribution in [3.8, 4) is 0 Å². The number of carbonyl (C=O) groups excluding carboxylic acids is 1. The van der Waals surface area contributed by atoms with Gasteiger partial charge < -0.3 is 17.4 Å². The first-order valence-corrected chi connectivity index (χ1v) is 2.84. The molecule has 0 fully saturated rings. The van der Waals surface area contributed by atoms with Crippen molar-refractivity contribution in [2.45, 2.75) is 0 Å². The van der Waals surface area contributed by atoms with Crippen molar-refractivity contribution in [1.82, 2.24) is 4.98 Å². The largest absolute Gasteiger partial charge is 0.735 e. The summed E-state index contributed by atoms with van der Waals surface area (Å²) < 4.78 is 0. The van der Waals surface area contributed by atoms with Gasteiger partial charge in [-0.05, 0) is 12.1 Å². The van der Waals surface area contributed by atoms with Crippen molar-refractivity contribution < 1.29 is 24.3 Å². The van der Waals surface area contributed by atoms with E-state index in [1.54, 1.807) is 24.4 Å². The Morgan fingerprint density at radius 3 is 2.50 bits per heavy atom. The summed E-state index contributed by atoms with van der Waals surface area (Å²) in [6.07, 6.45) is 1.54. The van der Waals surface area contributed by atoms with Gasteiger partial charge in [0.2, 0.25) is 0 Å². The first-order valence-electron chi connectivity index (χ1n) is 2.43. The van der Waals surface area contributed by atoms with E-state index in [-0.39, 0.29) is 19.5 Å². The molecule has 0 bridgehead atoms. The second-order valence-corrected chi connectivity index (χ2v) is 1.87. The Kier molecular flexibility index (Phi) is 4.32. The third-order valence-electron chi connectivity index (χ3n) is 0.874. The SMILES string of the molecule is O=C([S-])c1ccccn1.[Zn]. The normalized spacial score (nSPS) is 8.00. The van der Waals surface area contributed by atoms with Crippen LogP contribution in [0.2, 0.25) is 0 Å². The maximum absolute atomic E-state index is 10.4. The second-order valence-electron chi connectivity index (χ2n) is 1.50. The average molecular weight is 204 g/mol. The van der Waals surface area contributed by atoms with Gasteiger partial charge in [0, 0.05) is 25.7 Å². The fraction of sp³-hybridized carbons (Fsp3) is 0. The Morgan fingerprint density at radius 1 is 1.50 bits per heavy atom. The minimum atomic E-state index is -0.407. The summed E-state index contributed by atoms with van der Waals surface area (Å²) in [6, 6.07) is 5.06. The van der Waals surface area contributed by atoms with Crippen LogP contribution >= 0.6 is 0 Å². The first kappa shape index (κ1) is 9.66. The van der Waals surface area contributed by atoms with Crippen LogP contribution in [0.15, 0.2) is 24.4 Å². The minimum absolute atomic E-state index is 0. The van der Waals surface area contributed by atoms with Crippen LogP contribution in [0.4, 0.5) is 0 Å². The minimum Gasteiger partial charge on any atom is -0.735 e. The zero-order valence-electron chi connectivity index (χ0n) is 5.28. The summed E-state index contributed by atoms with van der Waals surface area (Å²) in [4.78, 5) is 14.1. The molecular weight excluding hydrogens is 200 g/mol. The third kappa shape index (κ3) is 2.50. The van der Waals surface area contributed by atoms with E-state index >= 15 is 0 Å². The van der Waals surface area contributed by atoms with Crippen LogP contribution in [0.3, 0.4) is 0 Å². The van der Waals surface area contributed by atoms with Crippen LogP contribution in [-0.4, -0.2) is 10.1 Å². The fourth-order valence-corrected chi connectivity index (χ4v) is 0.604. The average Bonchev–Trinajstić information content (AvgIpc) is 1.90. The van der Waals surface area contributed by atoms with Crippen molar-refractivity contribution in [3.63, 3.8) is 0 Å². The van der Waals surface area contributed by atoms with Gasteiger partial charge >= 0.3 is 0 Å². The molecule has 0 N–H and O–H groups in total. The summed E-state index contributed by atoms with van der Waals surface area (Å²) in [7, 11) is 0. The molecular formula is C6H4NOSZn-. The molecule has 0 atom stereocenters. The predicted molar refractivity (Wildman–Crippen MR) is 35.9 cm³/mol. The van der Waals surface area contributed by atoms with Gasteiger partial charge in [-0.25, -0.2) is 0 Å². The van der Waals surface area contributed by atoms with E-state index in [1.165, 1.54) is 0 Å². The molecule has 0 saturated heterocycles. The number of hydrogen-bond donors (Lipinski definition) is 0. The first-order chi connectivity index (χ1) is 4.30. The molecule has 1 aromatic rings. The van der Waals surface area contributed by atoms with E-state index in [2.05, 4.69) is 17.6 Å². The molecule has 0 spiro atoms. The van der Waals surface area contributed by atoms with Crippen molar-refractivity contribution in [2.24, 2.45) is 0 Å². The van der Waals surface area contributed by atoms with E-state index in [0.717, 1.165) is 0 Å². The summed E-state index contributed by atoms with van der Waals surface area (Å²) in [5, 5.41) is -0.407. The second kappa shape index (κ2) is 4.47. The third-order valence-corrected chi connectivity index (χ3v) is 1.08. The number of hydrogen-bond acceptors (Lipinski definition) is 3. The Labute approximate surface area is 77.2 Å². The molecule has 0 aliphatic heterocycles. The van der Waals surface area contributed by atoms with Crippen LogP contribution in [0, 0.1) is 0 Å². The van der Waals surface area contributed by atoms with Crippen molar-refractivity contribution in [3.05, 3.63) is 30.1 Å². The maximum Gasteiger partial charge on any atom is 0.0828 e. The van der Waals surface area contributed by atoms with E-state index in [9.17, 15) is 4.79 Å². The molecule has 0 radical (unpaired) electrons. The van der Waals surface area contributed by atoms with E-state index in [4.69, 9.17) is 0 Å². The van der Waals surface area contributed by atoms with Gasteiger partial charge in [-0.1, -0.05) is 6.07 Å². The van der Waals surface area contributed by atoms with Gasteiger partial charge in [-0.2, -0.15) is 0 Å². The van der Waals surface area contributed by atoms with Gasteiger partial charge in [0.15, 0.2) is 0 Å². The van der Waals surface area contributed by atoms with Gasteiger partial charge in [-0.3, -0.25) is 4.98 Å². The number of pyridine rings is 1. The monoisotopic (exact) mass is 202 g/mol. The molecule has 10 heavy (non-hydrogen) atoms. The number of nitrogens with zero attached hydrogens (tertiary/aromatic N) is 1. The topological polar surface area (TPSA) is 30.0 Å². The molecule has 0 aromatic carbocycles. The predicted octanol–water partition coefficient (Wildman–Crippen LogP) is 0.766. The Morgan fingerprint density at radius 2 is 2.20 bits per heavy atom. The zero-order chi connectivity index (χ0) is 6.69. The Bertz CT molecular complexity index is 214. The van der Waals surface area contributed by atoms with Crippen molar-refractivity contribution in [2.75, 3.05) is 0 Å². The van der Waals surface area contributed by atoms with Crippen molar-refractivity contribution >= 4 is 17.7 Å². The molecule has 0 saturated carbocycles. The molecule has 4 heteroatoms. The number of aromatic nitrogens is 1. The molecule has 2 nitrogen and oxygen atoms in total. The molecule has 0 aliphatic rings. The van der Waals surface area contributed by atoms with Gasteiger partial charge in [0.1, 0.15) is 0 Å². The van der Waals surface area contributed by atoms with Crippen molar-refractivity contribution in [1.29, 1.82) is 0 Å². The molecule has 1 heterocycles. The summed E-state index contributed by atoms with van der Waals surface area (Å²) in [5.41, 5.74) is 0.340. The molecule has 0 amide bonds. The maximum atomic E-state index is 10.4. The van der Waals surface area contributed by atoms with Crippen LogP contribution in [0.25, 0.3) is 0 Å². The molecule has 48 valence electrons.